The highest BCUT2D eigenvalue weighted by molar-refractivity contribution is 5.37. The third-order valence-electron chi connectivity index (χ3n) is 1.87. The third-order valence-corrected chi connectivity index (χ3v) is 1.87. The summed E-state index contributed by atoms with van der Waals surface area (Å²) in [7, 11) is 0. The quantitative estimate of drug-likeness (QED) is 0.665. The highest BCUT2D eigenvalue weighted by Gasteiger charge is 1.97. The molecule has 0 aromatic heterocycles. The number of hydrogen-bond donors (Lipinski definition) is 0. The lowest BCUT2D eigenvalue weighted by Gasteiger charge is -2.06. The monoisotopic (exact) mass is 163 g/mol. The molecule has 0 fully saturated rings. The van der Waals surface area contributed by atoms with Crippen LogP contribution < -0.4 is 4.74 Å². The molecule has 65 valence electrons. The maximum atomic E-state index is 5.35. The molecule has 0 spiro atoms. The van der Waals surface area contributed by atoms with E-state index in [0.717, 1.165) is 17.7 Å². The molecule has 1 heteroatoms. The van der Waals surface area contributed by atoms with Crippen molar-refractivity contribution in [3.8, 4) is 5.75 Å². The maximum Gasteiger partial charge on any atom is 0.119 e. The van der Waals surface area contributed by atoms with Crippen molar-refractivity contribution in [2.45, 2.75) is 20.3 Å². The average molecular weight is 163 g/mol. The van der Waals surface area contributed by atoms with Crippen molar-refractivity contribution in [2.75, 3.05) is 6.61 Å². The summed E-state index contributed by atoms with van der Waals surface area (Å²) in [5.74, 6) is 0.916. The molecule has 0 bridgehead atoms. The minimum Gasteiger partial charge on any atom is -0.494 e. The molecule has 1 rings (SSSR count). The molecule has 0 aliphatic heterocycles. The summed E-state index contributed by atoms with van der Waals surface area (Å²) in [5.41, 5.74) is 2.36. The van der Waals surface area contributed by atoms with Gasteiger partial charge >= 0.3 is 0 Å². The van der Waals surface area contributed by atoms with Crippen LogP contribution in [0.15, 0.2) is 18.2 Å². The van der Waals surface area contributed by atoms with Crippen molar-refractivity contribution < 1.29 is 4.74 Å². The molecule has 0 unspecified atom stereocenters. The van der Waals surface area contributed by atoms with Gasteiger partial charge in [-0.05, 0) is 43.5 Å². The molecule has 0 aliphatic rings. The van der Waals surface area contributed by atoms with Gasteiger partial charge < -0.3 is 4.74 Å². The van der Waals surface area contributed by atoms with Crippen LogP contribution in [-0.2, 0) is 6.42 Å². The smallest absolute Gasteiger partial charge is 0.119 e. The summed E-state index contributed by atoms with van der Waals surface area (Å²) < 4.78 is 5.35. The first kappa shape index (κ1) is 9.11. The van der Waals surface area contributed by atoms with Gasteiger partial charge in [0.05, 0.1) is 6.61 Å². The van der Waals surface area contributed by atoms with E-state index in [0.29, 0.717) is 6.61 Å². The predicted octanol–water partition coefficient (Wildman–Crippen LogP) is 2.83. The van der Waals surface area contributed by atoms with E-state index in [9.17, 15) is 0 Å². The van der Waals surface area contributed by atoms with Crippen LogP contribution in [0.25, 0.3) is 0 Å². The van der Waals surface area contributed by atoms with E-state index in [1.165, 1.54) is 5.56 Å². The molecule has 0 amide bonds. The summed E-state index contributed by atoms with van der Waals surface area (Å²) in [5, 5.41) is 0. The SMILES string of the molecule is [CH2]c1cc(OCC)ccc1CC. The summed E-state index contributed by atoms with van der Waals surface area (Å²) in [4.78, 5) is 0. The van der Waals surface area contributed by atoms with Gasteiger partial charge in [-0.3, -0.25) is 0 Å². The fourth-order valence-corrected chi connectivity index (χ4v) is 1.20. The van der Waals surface area contributed by atoms with Crippen molar-refractivity contribution in [1.29, 1.82) is 0 Å². The van der Waals surface area contributed by atoms with Crippen molar-refractivity contribution in [3.05, 3.63) is 36.2 Å². The highest BCUT2D eigenvalue weighted by atomic mass is 16.5. The van der Waals surface area contributed by atoms with Gasteiger partial charge in [-0.15, -0.1) is 0 Å². The van der Waals surface area contributed by atoms with E-state index < -0.39 is 0 Å². The zero-order valence-electron chi connectivity index (χ0n) is 7.76. The van der Waals surface area contributed by atoms with Gasteiger partial charge in [-0.1, -0.05) is 13.0 Å². The fraction of sp³-hybridized carbons (Fsp3) is 0.364. The van der Waals surface area contributed by atoms with Crippen LogP contribution in [0.3, 0.4) is 0 Å². The lowest BCUT2D eigenvalue weighted by Crippen LogP contribution is -1.93. The van der Waals surface area contributed by atoms with Crippen LogP contribution in [0.1, 0.15) is 25.0 Å². The Bertz CT molecular complexity index is 253. The first-order valence-corrected chi connectivity index (χ1v) is 4.35. The van der Waals surface area contributed by atoms with Crippen LogP contribution in [0.5, 0.6) is 5.75 Å². The van der Waals surface area contributed by atoms with Gasteiger partial charge in [0.1, 0.15) is 5.75 Å². The van der Waals surface area contributed by atoms with Crippen LogP contribution >= 0.6 is 0 Å². The van der Waals surface area contributed by atoms with E-state index in [4.69, 9.17) is 4.74 Å². The molecule has 12 heavy (non-hydrogen) atoms. The Labute approximate surface area is 74.4 Å². The summed E-state index contributed by atoms with van der Waals surface area (Å²) in [6, 6.07) is 6.06. The number of ether oxygens (including phenoxy) is 1. The Hall–Kier alpha value is -0.980. The topological polar surface area (TPSA) is 9.23 Å². The zero-order chi connectivity index (χ0) is 8.97. The molecular weight excluding hydrogens is 148 g/mol. The van der Waals surface area contributed by atoms with Crippen molar-refractivity contribution in [1.82, 2.24) is 0 Å². The highest BCUT2D eigenvalue weighted by Crippen LogP contribution is 2.17. The van der Waals surface area contributed by atoms with Crippen molar-refractivity contribution in [2.24, 2.45) is 0 Å². The molecule has 0 saturated heterocycles. The molecular formula is C11H15O. The Morgan fingerprint density at radius 2 is 2.08 bits per heavy atom. The standard InChI is InChI=1S/C11H15O/c1-4-10-6-7-11(12-5-2)8-9(10)3/h6-8H,3-5H2,1-2H3. The molecule has 0 N–H and O–H groups in total. The van der Waals surface area contributed by atoms with Crippen LogP contribution in [-0.4, -0.2) is 6.61 Å². The second-order valence-corrected chi connectivity index (χ2v) is 2.72. The molecule has 0 atom stereocenters. The Morgan fingerprint density at radius 1 is 1.33 bits per heavy atom. The normalized spacial score (nSPS) is 9.92. The van der Waals surface area contributed by atoms with Gasteiger partial charge in [0.2, 0.25) is 0 Å². The minimum atomic E-state index is 0.713. The Morgan fingerprint density at radius 3 is 2.58 bits per heavy atom. The van der Waals surface area contributed by atoms with Crippen LogP contribution in [0, 0.1) is 6.92 Å². The lowest BCUT2D eigenvalue weighted by atomic mass is 10.1. The number of hydrogen-bond acceptors (Lipinski definition) is 1. The Kier molecular flexibility index (Phi) is 3.15. The summed E-state index contributed by atoms with van der Waals surface area (Å²) in [6.07, 6.45) is 1.03. The molecule has 1 aromatic carbocycles. The second-order valence-electron chi connectivity index (χ2n) is 2.72. The van der Waals surface area contributed by atoms with Gasteiger partial charge in [0.15, 0.2) is 0 Å². The van der Waals surface area contributed by atoms with E-state index in [2.05, 4.69) is 19.9 Å². The van der Waals surface area contributed by atoms with Gasteiger partial charge in [-0.25, -0.2) is 0 Å². The first-order chi connectivity index (χ1) is 5.77. The van der Waals surface area contributed by atoms with Crippen LogP contribution in [0.4, 0.5) is 0 Å². The van der Waals surface area contributed by atoms with Gasteiger partial charge in [0, 0.05) is 0 Å². The van der Waals surface area contributed by atoms with E-state index in [-0.39, 0.29) is 0 Å². The molecule has 0 heterocycles. The summed E-state index contributed by atoms with van der Waals surface area (Å²) >= 11 is 0. The van der Waals surface area contributed by atoms with Crippen molar-refractivity contribution >= 4 is 0 Å². The third kappa shape index (κ3) is 2.00. The Balaban J connectivity index is 2.86. The molecule has 0 saturated carbocycles. The number of rotatable bonds is 3. The molecule has 1 nitrogen and oxygen atoms in total. The first-order valence-electron chi connectivity index (χ1n) is 4.35. The molecule has 1 radical (unpaired) electrons. The summed E-state index contributed by atoms with van der Waals surface area (Å²) in [6.45, 7) is 8.78. The van der Waals surface area contributed by atoms with Crippen molar-refractivity contribution in [3.63, 3.8) is 0 Å². The van der Waals surface area contributed by atoms with E-state index in [1.807, 2.05) is 19.1 Å². The predicted molar refractivity (Wildman–Crippen MR) is 51.4 cm³/mol. The minimum absolute atomic E-state index is 0.713. The number of aryl methyl sites for hydroxylation is 1. The molecule has 0 aliphatic carbocycles. The lowest BCUT2D eigenvalue weighted by molar-refractivity contribution is 0.340. The van der Waals surface area contributed by atoms with E-state index in [1.54, 1.807) is 0 Å². The number of benzene rings is 1. The van der Waals surface area contributed by atoms with E-state index >= 15 is 0 Å². The fourth-order valence-electron chi connectivity index (χ4n) is 1.20. The van der Waals surface area contributed by atoms with Gasteiger partial charge in [-0.2, -0.15) is 0 Å². The average Bonchev–Trinajstić information content (AvgIpc) is 2.05. The zero-order valence-corrected chi connectivity index (χ0v) is 7.76. The molecule has 1 aromatic rings. The van der Waals surface area contributed by atoms with Gasteiger partial charge in [0.25, 0.3) is 0 Å². The van der Waals surface area contributed by atoms with Crippen LogP contribution in [0.2, 0.25) is 0 Å². The maximum absolute atomic E-state index is 5.35. The second kappa shape index (κ2) is 4.15. The largest absolute Gasteiger partial charge is 0.494 e.